The molecule has 4 aromatic heterocycles. The number of benzene rings is 6. The highest BCUT2D eigenvalue weighted by Gasteiger charge is 2.21. The molecule has 0 fully saturated rings. The number of fused-ring (bicyclic) bond motifs is 6. The average Bonchev–Trinajstić information content (AvgIpc) is 3.77. The van der Waals surface area contributed by atoms with Crippen molar-refractivity contribution in [1.82, 2.24) is 15.0 Å². The van der Waals surface area contributed by atoms with Gasteiger partial charge in [-0.1, -0.05) is 103 Å². The summed E-state index contributed by atoms with van der Waals surface area (Å²) in [5, 5.41) is 4.29. The first-order chi connectivity index (χ1) is 24.8. The Kier molecular flexibility index (Phi) is 6.42. The van der Waals surface area contributed by atoms with Gasteiger partial charge in [-0.15, -0.1) is 0 Å². The number of hydrogen-bond donors (Lipinski definition) is 0. The van der Waals surface area contributed by atoms with E-state index in [0.717, 1.165) is 94.2 Å². The van der Waals surface area contributed by atoms with Crippen molar-refractivity contribution in [2.45, 2.75) is 0 Å². The summed E-state index contributed by atoms with van der Waals surface area (Å²) in [6.45, 7) is 0. The predicted molar refractivity (Wildman–Crippen MR) is 202 cm³/mol. The first kappa shape index (κ1) is 28.2. The maximum Gasteiger partial charge on any atom is 0.161 e. The van der Waals surface area contributed by atoms with E-state index in [1.807, 2.05) is 79.1 Å². The molecule has 0 saturated carbocycles. The number of nitrogens with zero attached hydrogens (tertiary/aromatic N) is 3. The SMILES string of the molecule is c1ccc(-c2cc(-c3ccc(-c4ccc5oc6ccccc6c5c4)c4c3oc3ccccc34)nc(-c3ccccc3-c3ccncc3)n2)cc1. The number of aromatic nitrogens is 3. The van der Waals surface area contributed by atoms with E-state index >= 15 is 0 Å². The largest absolute Gasteiger partial charge is 0.456 e. The lowest BCUT2D eigenvalue weighted by atomic mass is 9.94. The van der Waals surface area contributed by atoms with Crippen molar-refractivity contribution in [3.63, 3.8) is 0 Å². The normalized spacial score (nSPS) is 11.6. The Morgan fingerprint density at radius 3 is 1.88 bits per heavy atom. The molecule has 0 aliphatic rings. The van der Waals surface area contributed by atoms with Crippen LogP contribution in [0.4, 0.5) is 0 Å². The second kappa shape index (κ2) is 11.4. The molecule has 5 nitrogen and oxygen atoms in total. The lowest BCUT2D eigenvalue weighted by molar-refractivity contribution is 0.669. The highest BCUT2D eigenvalue weighted by Crippen LogP contribution is 2.43. The molecular formula is C45H27N3O2. The third-order valence-electron chi connectivity index (χ3n) is 9.44. The fraction of sp³-hybridized carbons (Fsp3) is 0. The van der Waals surface area contributed by atoms with Crippen molar-refractivity contribution < 1.29 is 8.83 Å². The topological polar surface area (TPSA) is 65.0 Å². The maximum absolute atomic E-state index is 6.74. The van der Waals surface area contributed by atoms with Gasteiger partial charge in [0.2, 0.25) is 0 Å². The van der Waals surface area contributed by atoms with Gasteiger partial charge in [-0.3, -0.25) is 4.98 Å². The highest BCUT2D eigenvalue weighted by molar-refractivity contribution is 6.17. The minimum Gasteiger partial charge on any atom is -0.456 e. The molecular weight excluding hydrogens is 615 g/mol. The quantitative estimate of drug-likeness (QED) is 0.187. The molecule has 6 aromatic carbocycles. The first-order valence-electron chi connectivity index (χ1n) is 16.6. The zero-order chi connectivity index (χ0) is 33.0. The van der Waals surface area contributed by atoms with Crippen molar-refractivity contribution in [2.24, 2.45) is 0 Å². The summed E-state index contributed by atoms with van der Waals surface area (Å²) in [5.74, 6) is 0.638. The minimum atomic E-state index is 0.638. The number of rotatable bonds is 5. The number of pyridine rings is 1. The van der Waals surface area contributed by atoms with Crippen LogP contribution >= 0.6 is 0 Å². The molecule has 10 aromatic rings. The van der Waals surface area contributed by atoms with Gasteiger partial charge in [0.05, 0.1) is 11.4 Å². The van der Waals surface area contributed by atoms with Crippen LogP contribution < -0.4 is 0 Å². The Labute approximate surface area is 287 Å². The molecule has 10 rings (SSSR count). The summed E-state index contributed by atoms with van der Waals surface area (Å²) < 4.78 is 12.9. The molecule has 0 N–H and O–H groups in total. The molecule has 0 radical (unpaired) electrons. The molecule has 0 bridgehead atoms. The fourth-order valence-electron chi connectivity index (χ4n) is 7.09. The van der Waals surface area contributed by atoms with Crippen LogP contribution in [0.1, 0.15) is 0 Å². The van der Waals surface area contributed by atoms with Gasteiger partial charge in [-0.2, -0.15) is 0 Å². The van der Waals surface area contributed by atoms with Gasteiger partial charge in [0.15, 0.2) is 5.82 Å². The molecule has 0 aliphatic carbocycles. The molecule has 0 spiro atoms. The molecule has 0 unspecified atom stereocenters. The summed E-state index contributed by atoms with van der Waals surface area (Å²) in [6, 6.07) is 51.8. The van der Waals surface area contributed by atoms with Gasteiger partial charge in [0.1, 0.15) is 22.3 Å². The second-order valence-corrected chi connectivity index (χ2v) is 12.4. The van der Waals surface area contributed by atoms with Crippen LogP contribution in [0.25, 0.3) is 100 Å². The third kappa shape index (κ3) is 4.60. The van der Waals surface area contributed by atoms with Crippen LogP contribution in [-0.4, -0.2) is 15.0 Å². The lowest BCUT2D eigenvalue weighted by Crippen LogP contribution is -1.98. The molecule has 0 saturated heterocycles. The second-order valence-electron chi connectivity index (χ2n) is 12.4. The standard InChI is InChI=1S/C45H27N3O2/c1-2-10-29(11-3-1)38-27-39(48-45(47-38)34-14-5-4-12-31(34)28-22-24-46-25-23-28)35-20-19-32(43-36-15-7-9-17-41(36)50-44(35)43)30-18-21-42-37(26-30)33-13-6-8-16-40(33)49-42/h1-27H. The predicted octanol–water partition coefficient (Wildman–Crippen LogP) is 12.0. The van der Waals surface area contributed by atoms with E-state index in [4.69, 9.17) is 18.8 Å². The Hall–Kier alpha value is -6.85. The van der Waals surface area contributed by atoms with Crippen LogP contribution in [0.3, 0.4) is 0 Å². The van der Waals surface area contributed by atoms with Gasteiger partial charge in [-0.25, -0.2) is 9.97 Å². The number of hydrogen-bond acceptors (Lipinski definition) is 5. The van der Waals surface area contributed by atoms with Gasteiger partial charge in [0.25, 0.3) is 0 Å². The van der Waals surface area contributed by atoms with Crippen LogP contribution in [0.15, 0.2) is 173 Å². The summed E-state index contributed by atoms with van der Waals surface area (Å²) in [5.41, 5.74) is 12.1. The van der Waals surface area contributed by atoms with E-state index in [-0.39, 0.29) is 0 Å². The van der Waals surface area contributed by atoms with E-state index in [1.54, 1.807) is 0 Å². The summed E-state index contributed by atoms with van der Waals surface area (Å²) in [4.78, 5) is 14.7. The van der Waals surface area contributed by atoms with Gasteiger partial charge in [-0.05, 0) is 70.8 Å². The summed E-state index contributed by atoms with van der Waals surface area (Å²) >= 11 is 0. The first-order valence-corrected chi connectivity index (χ1v) is 16.6. The van der Waals surface area contributed by atoms with Crippen molar-refractivity contribution >= 4 is 43.9 Å². The zero-order valence-corrected chi connectivity index (χ0v) is 26.7. The lowest BCUT2D eigenvalue weighted by Gasteiger charge is -2.13. The maximum atomic E-state index is 6.74. The third-order valence-corrected chi connectivity index (χ3v) is 9.44. The van der Waals surface area contributed by atoms with Crippen molar-refractivity contribution in [2.75, 3.05) is 0 Å². The van der Waals surface area contributed by atoms with E-state index in [2.05, 4.69) is 89.9 Å². The molecule has 4 heterocycles. The zero-order valence-electron chi connectivity index (χ0n) is 26.7. The molecule has 0 atom stereocenters. The highest BCUT2D eigenvalue weighted by atomic mass is 16.3. The smallest absolute Gasteiger partial charge is 0.161 e. The molecule has 0 amide bonds. The van der Waals surface area contributed by atoms with Crippen molar-refractivity contribution in [1.29, 1.82) is 0 Å². The Bertz CT molecular complexity index is 2870. The monoisotopic (exact) mass is 641 g/mol. The number of para-hydroxylation sites is 2. The van der Waals surface area contributed by atoms with E-state index in [0.29, 0.717) is 5.82 Å². The Balaban J connectivity index is 1.23. The van der Waals surface area contributed by atoms with Crippen LogP contribution in [0, 0.1) is 0 Å². The minimum absolute atomic E-state index is 0.638. The molecule has 234 valence electrons. The average molecular weight is 642 g/mol. The van der Waals surface area contributed by atoms with E-state index in [1.165, 1.54) is 0 Å². The van der Waals surface area contributed by atoms with Crippen molar-refractivity contribution in [3.05, 3.63) is 164 Å². The fourth-order valence-corrected chi connectivity index (χ4v) is 7.09. The van der Waals surface area contributed by atoms with E-state index in [9.17, 15) is 0 Å². The van der Waals surface area contributed by atoms with Gasteiger partial charge in [0, 0.05) is 50.6 Å². The summed E-state index contributed by atoms with van der Waals surface area (Å²) in [6.07, 6.45) is 3.62. The van der Waals surface area contributed by atoms with Crippen LogP contribution in [0.2, 0.25) is 0 Å². The van der Waals surface area contributed by atoms with Crippen molar-refractivity contribution in [3.8, 4) is 56.2 Å². The molecule has 50 heavy (non-hydrogen) atoms. The number of furan rings is 2. The Morgan fingerprint density at radius 1 is 0.380 bits per heavy atom. The Morgan fingerprint density at radius 2 is 1.04 bits per heavy atom. The van der Waals surface area contributed by atoms with Crippen LogP contribution in [0.5, 0.6) is 0 Å². The summed E-state index contributed by atoms with van der Waals surface area (Å²) in [7, 11) is 0. The molecule has 5 heteroatoms. The van der Waals surface area contributed by atoms with Crippen LogP contribution in [-0.2, 0) is 0 Å². The van der Waals surface area contributed by atoms with E-state index < -0.39 is 0 Å². The van der Waals surface area contributed by atoms with Gasteiger partial charge >= 0.3 is 0 Å². The van der Waals surface area contributed by atoms with Gasteiger partial charge < -0.3 is 8.83 Å². The molecule has 0 aliphatic heterocycles.